The third-order valence-corrected chi connectivity index (χ3v) is 3.69. The molecule has 0 aliphatic heterocycles. The third kappa shape index (κ3) is 7.31. The van der Waals surface area contributed by atoms with Crippen LogP contribution in [0.4, 0.5) is 5.69 Å². The van der Waals surface area contributed by atoms with Crippen molar-refractivity contribution in [2.24, 2.45) is 10.7 Å². The molecule has 3 N–H and O–H groups in total. The fourth-order valence-electron chi connectivity index (χ4n) is 2.33. The van der Waals surface area contributed by atoms with Gasteiger partial charge in [-0.1, -0.05) is 49.4 Å². The molecule has 0 spiro atoms. The highest BCUT2D eigenvalue weighted by Gasteiger charge is 2.00. The van der Waals surface area contributed by atoms with Gasteiger partial charge in [0.15, 0.2) is 5.96 Å². The summed E-state index contributed by atoms with van der Waals surface area (Å²) >= 11 is 0. The zero-order valence-corrected chi connectivity index (χ0v) is 16.7. The Morgan fingerprint density at radius 2 is 1.71 bits per heavy atom. The predicted octanol–water partition coefficient (Wildman–Crippen LogP) is 3.73. The van der Waals surface area contributed by atoms with E-state index in [0.717, 1.165) is 25.2 Å². The molecule has 0 aliphatic carbocycles. The van der Waals surface area contributed by atoms with Crippen LogP contribution in [0.15, 0.2) is 59.6 Å². The van der Waals surface area contributed by atoms with Gasteiger partial charge in [-0.05, 0) is 36.7 Å². The highest BCUT2D eigenvalue weighted by Crippen LogP contribution is 2.09. The van der Waals surface area contributed by atoms with Gasteiger partial charge in [-0.15, -0.1) is 24.0 Å². The van der Waals surface area contributed by atoms with Crippen LogP contribution in [0.1, 0.15) is 18.1 Å². The van der Waals surface area contributed by atoms with E-state index >= 15 is 0 Å². The molecule has 0 fully saturated rings. The second-order valence-corrected chi connectivity index (χ2v) is 5.67. The molecule has 2 aromatic carbocycles. The largest absolute Gasteiger partial charge is 0.370 e. The Balaban J connectivity index is 0.00000288. The van der Waals surface area contributed by atoms with E-state index in [0.29, 0.717) is 12.5 Å². The second-order valence-electron chi connectivity index (χ2n) is 5.67. The minimum atomic E-state index is 0. The minimum Gasteiger partial charge on any atom is -0.370 e. The number of rotatable bonds is 7. The Kier molecular flexibility index (Phi) is 9.41. The summed E-state index contributed by atoms with van der Waals surface area (Å²) in [5.74, 6) is 0.461. The monoisotopic (exact) mass is 438 g/mol. The molecule has 130 valence electrons. The van der Waals surface area contributed by atoms with Crippen molar-refractivity contribution in [2.75, 3.05) is 25.5 Å². The molecular formula is C19H27IN4. The van der Waals surface area contributed by atoms with E-state index in [4.69, 9.17) is 5.73 Å². The third-order valence-electron chi connectivity index (χ3n) is 3.69. The number of halogens is 1. The van der Waals surface area contributed by atoms with E-state index in [1.807, 2.05) is 18.2 Å². The van der Waals surface area contributed by atoms with Crippen molar-refractivity contribution in [2.45, 2.75) is 19.9 Å². The van der Waals surface area contributed by atoms with Crippen LogP contribution in [-0.4, -0.2) is 31.0 Å². The Morgan fingerprint density at radius 1 is 1.04 bits per heavy atom. The van der Waals surface area contributed by atoms with Gasteiger partial charge in [0.05, 0.1) is 6.54 Å². The smallest absolute Gasteiger partial charge is 0.193 e. The lowest BCUT2D eigenvalue weighted by atomic mass is 10.1. The molecule has 0 unspecified atom stereocenters. The highest BCUT2D eigenvalue weighted by atomic mass is 127. The fourth-order valence-corrected chi connectivity index (χ4v) is 2.33. The van der Waals surface area contributed by atoms with Gasteiger partial charge in [0.25, 0.3) is 0 Å². The Morgan fingerprint density at radius 3 is 2.33 bits per heavy atom. The number of aliphatic imine (C=N–C) groups is 1. The summed E-state index contributed by atoms with van der Waals surface area (Å²) in [4.78, 5) is 6.62. The average molecular weight is 438 g/mol. The van der Waals surface area contributed by atoms with E-state index in [-0.39, 0.29) is 24.0 Å². The number of hydrogen-bond donors (Lipinski definition) is 2. The molecule has 0 saturated carbocycles. The summed E-state index contributed by atoms with van der Waals surface area (Å²) in [6, 6.07) is 18.7. The first kappa shape index (κ1) is 20.4. The topological polar surface area (TPSA) is 53.6 Å². The molecule has 0 amide bonds. The van der Waals surface area contributed by atoms with Crippen LogP contribution in [0.2, 0.25) is 0 Å². The maximum absolute atomic E-state index is 5.94. The maximum Gasteiger partial charge on any atom is 0.193 e. The number of anilines is 1. The molecule has 2 aromatic rings. The molecule has 0 saturated heterocycles. The minimum absolute atomic E-state index is 0. The number of hydrogen-bond acceptors (Lipinski definition) is 2. The van der Waals surface area contributed by atoms with Crippen molar-refractivity contribution in [3.8, 4) is 0 Å². The summed E-state index contributed by atoms with van der Waals surface area (Å²) in [5.41, 5.74) is 9.53. The van der Waals surface area contributed by atoms with Gasteiger partial charge in [0.1, 0.15) is 0 Å². The van der Waals surface area contributed by atoms with Crippen molar-refractivity contribution in [3.05, 3.63) is 65.7 Å². The summed E-state index contributed by atoms with van der Waals surface area (Å²) in [5, 5.41) is 3.13. The molecule has 24 heavy (non-hydrogen) atoms. The Bertz CT molecular complexity index is 611. The molecule has 0 radical (unpaired) electrons. The van der Waals surface area contributed by atoms with Gasteiger partial charge in [0, 0.05) is 18.8 Å². The lowest BCUT2D eigenvalue weighted by Crippen LogP contribution is -2.26. The van der Waals surface area contributed by atoms with E-state index in [1.165, 1.54) is 11.1 Å². The average Bonchev–Trinajstić information content (AvgIpc) is 2.56. The standard InChI is InChI=1S/C19H26N4.HI/c1-3-16-9-11-18(12-10-16)22-19(20)21-13-14-23(2)15-17-7-5-4-6-8-17;/h4-12H,3,13-15H2,1-2H3,(H3,20,21,22);1H. The number of nitrogens with zero attached hydrogens (tertiary/aromatic N) is 2. The van der Waals surface area contributed by atoms with Gasteiger partial charge < -0.3 is 16.0 Å². The summed E-state index contributed by atoms with van der Waals surface area (Å²) in [6.45, 7) is 4.60. The van der Waals surface area contributed by atoms with Gasteiger partial charge in [0.2, 0.25) is 0 Å². The Labute approximate surface area is 162 Å². The maximum atomic E-state index is 5.94. The van der Waals surface area contributed by atoms with Crippen LogP contribution in [-0.2, 0) is 13.0 Å². The van der Waals surface area contributed by atoms with E-state index in [9.17, 15) is 0 Å². The van der Waals surface area contributed by atoms with E-state index in [1.54, 1.807) is 0 Å². The molecule has 4 nitrogen and oxygen atoms in total. The second kappa shape index (κ2) is 11.0. The molecule has 5 heteroatoms. The molecule has 0 heterocycles. The number of guanidine groups is 1. The highest BCUT2D eigenvalue weighted by molar-refractivity contribution is 14.0. The van der Waals surface area contributed by atoms with Crippen molar-refractivity contribution in [3.63, 3.8) is 0 Å². The summed E-state index contributed by atoms with van der Waals surface area (Å²) < 4.78 is 0. The van der Waals surface area contributed by atoms with E-state index in [2.05, 4.69) is 65.6 Å². The Hall–Kier alpha value is -1.60. The van der Waals surface area contributed by atoms with Gasteiger partial charge >= 0.3 is 0 Å². The van der Waals surface area contributed by atoms with Gasteiger partial charge in [-0.3, -0.25) is 4.99 Å². The van der Waals surface area contributed by atoms with Crippen LogP contribution in [0.25, 0.3) is 0 Å². The molecule has 2 rings (SSSR count). The number of likely N-dealkylation sites (N-methyl/N-ethyl adjacent to an activating group) is 1. The molecule has 0 aliphatic rings. The first-order chi connectivity index (χ1) is 11.2. The number of nitrogens with one attached hydrogen (secondary N) is 1. The van der Waals surface area contributed by atoms with E-state index < -0.39 is 0 Å². The molecule has 0 atom stereocenters. The van der Waals surface area contributed by atoms with Crippen LogP contribution < -0.4 is 11.1 Å². The summed E-state index contributed by atoms with van der Waals surface area (Å²) in [7, 11) is 2.09. The first-order valence-electron chi connectivity index (χ1n) is 8.05. The zero-order chi connectivity index (χ0) is 16.5. The molecular weight excluding hydrogens is 411 g/mol. The number of aryl methyl sites for hydroxylation is 1. The fraction of sp³-hybridized carbons (Fsp3) is 0.316. The molecule has 0 aromatic heterocycles. The number of benzene rings is 2. The first-order valence-corrected chi connectivity index (χ1v) is 8.05. The predicted molar refractivity (Wildman–Crippen MR) is 114 cm³/mol. The van der Waals surface area contributed by atoms with Gasteiger partial charge in [-0.2, -0.15) is 0 Å². The summed E-state index contributed by atoms with van der Waals surface area (Å²) in [6.07, 6.45) is 1.04. The SMILES string of the molecule is CCc1ccc(NC(N)=NCCN(C)Cc2ccccc2)cc1.I. The van der Waals surface area contributed by atoms with Crippen molar-refractivity contribution < 1.29 is 0 Å². The van der Waals surface area contributed by atoms with Crippen molar-refractivity contribution >= 4 is 35.6 Å². The van der Waals surface area contributed by atoms with Gasteiger partial charge in [-0.25, -0.2) is 0 Å². The van der Waals surface area contributed by atoms with Crippen LogP contribution >= 0.6 is 24.0 Å². The zero-order valence-electron chi connectivity index (χ0n) is 14.4. The normalized spacial score (nSPS) is 11.2. The van der Waals surface area contributed by atoms with Crippen molar-refractivity contribution in [1.82, 2.24) is 4.90 Å². The lowest BCUT2D eigenvalue weighted by Gasteiger charge is -2.15. The van der Waals surface area contributed by atoms with Crippen LogP contribution in [0.3, 0.4) is 0 Å². The van der Waals surface area contributed by atoms with Crippen molar-refractivity contribution in [1.29, 1.82) is 0 Å². The van der Waals surface area contributed by atoms with Crippen LogP contribution in [0.5, 0.6) is 0 Å². The number of nitrogens with two attached hydrogens (primary N) is 1. The van der Waals surface area contributed by atoms with Crippen LogP contribution in [0, 0.1) is 0 Å². The lowest BCUT2D eigenvalue weighted by molar-refractivity contribution is 0.336. The quantitative estimate of drug-likeness (QED) is 0.394. The molecule has 0 bridgehead atoms.